The summed E-state index contributed by atoms with van der Waals surface area (Å²) in [6.45, 7) is 9.71. The van der Waals surface area contributed by atoms with Gasteiger partial charge < -0.3 is 20.1 Å². The van der Waals surface area contributed by atoms with Crippen molar-refractivity contribution in [2.24, 2.45) is 5.92 Å². The van der Waals surface area contributed by atoms with E-state index in [9.17, 15) is 9.59 Å². The van der Waals surface area contributed by atoms with E-state index in [2.05, 4.69) is 29.1 Å². The molecule has 2 aromatic rings. The van der Waals surface area contributed by atoms with Gasteiger partial charge in [0.25, 0.3) is 0 Å². The Balaban J connectivity index is 1.77. The third-order valence-electron chi connectivity index (χ3n) is 5.59. The lowest BCUT2D eigenvalue weighted by Gasteiger charge is -2.41. The van der Waals surface area contributed by atoms with Gasteiger partial charge in [-0.1, -0.05) is 44.2 Å². The molecule has 0 aliphatic carbocycles. The van der Waals surface area contributed by atoms with Gasteiger partial charge in [0.05, 0.1) is 18.6 Å². The van der Waals surface area contributed by atoms with Gasteiger partial charge in [-0.2, -0.15) is 0 Å². The first-order valence-corrected chi connectivity index (χ1v) is 10.7. The van der Waals surface area contributed by atoms with Crippen LogP contribution in [-0.2, 0) is 17.8 Å². The fraction of sp³-hybridized carbons (Fsp3) is 0.522. The zero-order chi connectivity index (χ0) is 21.7. The van der Waals surface area contributed by atoms with Crippen molar-refractivity contribution in [3.05, 3.63) is 53.6 Å². The fourth-order valence-corrected chi connectivity index (χ4v) is 4.06. The number of urea groups is 1. The van der Waals surface area contributed by atoms with Crippen molar-refractivity contribution in [3.63, 3.8) is 0 Å². The molecule has 2 N–H and O–H groups in total. The Hall–Kier alpha value is -2.83. The molecule has 1 aromatic carbocycles. The summed E-state index contributed by atoms with van der Waals surface area (Å²) in [5.41, 5.74) is 2.87. The topological polar surface area (TPSA) is 81.3 Å². The van der Waals surface area contributed by atoms with E-state index in [1.165, 1.54) is 0 Å². The minimum atomic E-state index is -0.522. The van der Waals surface area contributed by atoms with Gasteiger partial charge in [0, 0.05) is 31.2 Å². The predicted octanol–water partition coefficient (Wildman–Crippen LogP) is 3.12. The number of H-pyrrole nitrogens is 1. The number of nitrogens with zero attached hydrogens (tertiary/aromatic N) is 3. The summed E-state index contributed by atoms with van der Waals surface area (Å²) in [5.74, 6) is 0.468. The van der Waals surface area contributed by atoms with Gasteiger partial charge in [-0.05, 0) is 31.7 Å². The monoisotopic (exact) mass is 411 g/mol. The van der Waals surface area contributed by atoms with Crippen molar-refractivity contribution in [1.29, 1.82) is 0 Å². The number of nitrogens with one attached hydrogen (secondary N) is 2. The second-order valence-electron chi connectivity index (χ2n) is 8.61. The van der Waals surface area contributed by atoms with E-state index < -0.39 is 6.04 Å². The molecule has 1 saturated heterocycles. The van der Waals surface area contributed by atoms with Crippen molar-refractivity contribution < 1.29 is 9.59 Å². The third-order valence-corrected chi connectivity index (χ3v) is 5.59. The van der Waals surface area contributed by atoms with Crippen LogP contribution in [0, 0.1) is 12.8 Å². The Bertz CT molecular complexity index is 848. The SMILES string of the molecule is Cc1[nH]cnc1CN1CCN(C(=O)NC(C)CC(C)C)C(Cc2ccccc2)C1=O. The van der Waals surface area contributed by atoms with E-state index >= 15 is 0 Å². The van der Waals surface area contributed by atoms with E-state index in [1.807, 2.05) is 49.1 Å². The number of hydrogen-bond donors (Lipinski definition) is 2. The van der Waals surface area contributed by atoms with Crippen LogP contribution in [0.2, 0.25) is 0 Å². The normalized spacial score (nSPS) is 18.0. The highest BCUT2D eigenvalue weighted by Crippen LogP contribution is 2.19. The van der Waals surface area contributed by atoms with Gasteiger partial charge in [-0.3, -0.25) is 4.79 Å². The zero-order valence-electron chi connectivity index (χ0n) is 18.4. The van der Waals surface area contributed by atoms with Crippen LogP contribution in [0.4, 0.5) is 4.79 Å². The average molecular weight is 412 g/mol. The summed E-state index contributed by atoms with van der Waals surface area (Å²) in [4.78, 5) is 37.4. The smallest absolute Gasteiger partial charge is 0.318 e. The Labute approximate surface area is 178 Å². The van der Waals surface area contributed by atoms with E-state index in [0.717, 1.165) is 23.4 Å². The lowest BCUT2D eigenvalue weighted by atomic mass is 10.0. The van der Waals surface area contributed by atoms with Crippen molar-refractivity contribution in [2.45, 2.75) is 59.2 Å². The molecule has 0 spiro atoms. The molecule has 3 rings (SSSR count). The maximum atomic E-state index is 13.4. The molecule has 7 nitrogen and oxygen atoms in total. The second kappa shape index (κ2) is 9.78. The number of aromatic amines is 1. The molecule has 2 unspecified atom stereocenters. The summed E-state index contributed by atoms with van der Waals surface area (Å²) in [6.07, 6.45) is 3.06. The van der Waals surface area contributed by atoms with Gasteiger partial charge in [-0.25, -0.2) is 9.78 Å². The summed E-state index contributed by atoms with van der Waals surface area (Å²) in [5, 5.41) is 3.09. The minimum absolute atomic E-state index is 0.0286. The molecule has 1 aliphatic rings. The van der Waals surface area contributed by atoms with E-state index in [1.54, 1.807) is 11.2 Å². The maximum Gasteiger partial charge on any atom is 0.318 e. The lowest BCUT2D eigenvalue weighted by Crippen LogP contribution is -2.61. The number of amides is 3. The zero-order valence-corrected chi connectivity index (χ0v) is 18.4. The van der Waals surface area contributed by atoms with E-state index in [0.29, 0.717) is 32.0 Å². The van der Waals surface area contributed by atoms with Crippen LogP contribution in [0.1, 0.15) is 44.1 Å². The quantitative estimate of drug-likeness (QED) is 0.734. The van der Waals surface area contributed by atoms with E-state index in [-0.39, 0.29) is 18.0 Å². The molecule has 2 atom stereocenters. The molecule has 7 heteroatoms. The van der Waals surface area contributed by atoms with Crippen molar-refractivity contribution in [1.82, 2.24) is 25.1 Å². The molecule has 0 saturated carbocycles. The number of piperazine rings is 1. The summed E-state index contributed by atoms with van der Waals surface area (Å²) in [7, 11) is 0. The van der Waals surface area contributed by atoms with Crippen molar-refractivity contribution in [3.8, 4) is 0 Å². The molecule has 162 valence electrons. The van der Waals surface area contributed by atoms with Crippen LogP contribution < -0.4 is 5.32 Å². The highest BCUT2D eigenvalue weighted by atomic mass is 16.2. The minimum Gasteiger partial charge on any atom is -0.348 e. The molecule has 3 amide bonds. The van der Waals surface area contributed by atoms with Crippen LogP contribution >= 0.6 is 0 Å². The van der Waals surface area contributed by atoms with Crippen LogP contribution in [-0.4, -0.2) is 56.9 Å². The maximum absolute atomic E-state index is 13.4. The van der Waals surface area contributed by atoms with Crippen LogP contribution in [0.5, 0.6) is 0 Å². The standard InChI is InChI=1S/C23H33N5O2/c1-16(2)12-17(3)26-23(30)28-11-10-27(14-20-18(4)24-15-25-20)22(29)21(28)13-19-8-6-5-7-9-19/h5-9,15-17,21H,10-14H2,1-4H3,(H,24,25)(H,26,30). The first kappa shape index (κ1) is 21.9. The molecule has 0 bridgehead atoms. The number of benzene rings is 1. The summed E-state index contributed by atoms with van der Waals surface area (Å²) < 4.78 is 0. The Morgan fingerprint density at radius 3 is 2.60 bits per heavy atom. The first-order chi connectivity index (χ1) is 14.3. The molecule has 1 aromatic heterocycles. The third kappa shape index (κ3) is 5.40. The highest BCUT2D eigenvalue weighted by Gasteiger charge is 2.38. The fourth-order valence-electron chi connectivity index (χ4n) is 4.06. The van der Waals surface area contributed by atoms with Gasteiger partial charge in [-0.15, -0.1) is 0 Å². The molecule has 1 aliphatic heterocycles. The van der Waals surface area contributed by atoms with Crippen LogP contribution in [0.3, 0.4) is 0 Å². The number of carbonyl (C=O) groups excluding carboxylic acids is 2. The molecular formula is C23H33N5O2. The summed E-state index contributed by atoms with van der Waals surface area (Å²) in [6, 6.07) is 9.26. The van der Waals surface area contributed by atoms with Crippen molar-refractivity contribution in [2.75, 3.05) is 13.1 Å². The van der Waals surface area contributed by atoms with Gasteiger partial charge in [0.1, 0.15) is 6.04 Å². The number of rotatable bonds is 7. The molecule has 30 heavy (non-hydrogen) atoms. The average Bonchev–Trinajstić information content (AvgIpc) is 3.09. The highest BCUT2D eigenvalue weighted by molar-refractivity contribution is 5.88. The van der Waals surface area contributed by atoms with Gasteiger partial charge in [0.15, 0.2) is 0 Å². The first-order valence-electron chi connectivity index (χ1n) is 10.7. The number of carbonyl (C=O) groups is 2. The number of aromatic nitrogens is 2. The number of aryl methyl sites for hydroxylation is 1. The Morgan fingerprint density at radius 2 is 1.97 bits per heavy atom. The molecule has 0 radical (unpaired) electrons. The summed E-state index contributed by atoms with van der Waals surface area (Å²) >= 11 is 0. The number of hydrogen-bond acceptors (Lipinski definition) is 3. The van der Waals surface area contributed by atoms with E-state index in [4.69, 9.17) is 0 Å². The molecular weight excluding hydrogens is 378 g/mol. The molecule has 2 heterocycles. The van der Waals surface area contributed by atoms with Crippen molar-refractivity contribution >= 4 is 11.9 Å². The van der Waals surface area contributed by atoms with Crippen LogP contribution in [0.15, 0.2) is 36.7 Å². The largest absolute Gasteiger partial charge is 0.348 e. The number of imidazole rings is 1. The van der Waals surface area contributed by atoms with Gasteiger partial charge in [0.2, 0.25) is 5.91 Å². The Kier molecular flexibility index (Phi) is 7.13. The molecule has 1 fully saturated rings. The Morgan fingerprint density at radius 1 is 1.23 bits per heavy atom. The lowest BCUT2D eigenvalue weighted by molar-refractivity contribution is -0.140. The van der Waals surface area contributed by atoms with Gasteiger partial charge >= 0.3 is 6.03 Å². The van der Waals surface area contributed by atoms with Crippen LogP contribution in [0.25, 0.3) is 0 Å². The second-order valence-corrected chi connectivity index (χ2v) is 8.61. The predicted molar refractivity (Wildman–Crippen MR) is 117 cm³/mol.